The zero-order valence-electron chi connectivity index (χ0n) is 6.75. The van der Waals surface area contributed by atoms with Crippen LogP contribution >= 0.6 is 0 Å². The Morgan fingerprint density at radius 1 is 1.82 bits per heavy atom. The van der Waals surface area contributed by atoms with Crippen LogP contribution in [0.3, 0.4) is 0 Å². The molecule has 1 aliphatic rings. The third-order valence-corrected chi connectivity index (χ3v) is 1.90. The average Bonchev–Trinajstić information content (AvgIpc) is 2.81. The molecule has 4 N–H and O–H groups in total. The second-order valence-electron chi connectivity index (χ2n) is 2.89. The van der Waals surface area contributed by atoms with E-state index in [1.807, 2.05) is 0 Å². The smallest absolute Gasteiger partial charge is 0.188 e. The van der Waals surface area contributed by atoms with E-state index in [4.69, 9.17) is 5.73 Å². The maximum Gasteiger partial charge on any atom is 0.188 e. The molecule has 1 fully saturated rings. The van der Waals surface area contributed by atoms with E-state index in [1.54, 1.807) is 7.05 Å². The molecule has 0 aromatic heterocycles. The lowest BCUT2D eigenvalue weighted by Gasteiger charge is -2.09. The van der Waals surface area contributed by atoms with Crippen LogP contribution in [0.1, 0.15) is 12.8 Å². The van der Waals surface area contributed by atoms with Crippen LogP contribution in [0, 0.1) is 5.92 Å². The first-order chi connectivity index (χ1) is 5.24. The van der Waals surface area contributed by atoms with Gasteiger partial charge in [-0.3, -0.25) is 4.99 Å². The molecule has 0 amide bonds. The standard InChI is InChI=1S/C7H15N3O/c1-9-7(8)10-4-6(11)5-2-3-5/h5-6,11H,2-4H2,1H3,(H3,8,9,10). The van der Waals surface area contributed by atoms with Gasteiger partial charge < -0.3 is 16.2 Å². The molecule has 4 nitrogen and oxygen atoms in total. The van der Waals surface area contributed by atoms with Gasteiger partial charge in [0.05, 0.1) is 6.10 Å². The molecule has 0 radical (unpaired) electrons. The van der Waals surface area contributed by atoms with Crippen LogP contribution < -0.4 is 11.1 Å². The fourth-order valence-corrected chi connectivity index (χ4v) is 0.936. The van der Waals surface area contributed by atoms with Crippen molar-refractivity contribution in [2.45, 2.75) is 18.9 Å². The Balaban J connectivity index is 2.10. The Morgan fingerprint density at radius 3 is 2.91 bits per heavy atom. The molecular formula is C7H15N3O. The Bertz CT molecular complexity index is 154. The van der Waals surface area contributed by atoms with Crippen molar-refractivity contribution in [1.29, 1.82) is 0 Å². The minimum Gasteiger partial charge on any atom is -0.391 e. The molecule has 4 heteroatoms. The van der Waals surface area contributed by atoms with E-state index in [9.17, 15) is 5.11 Å². The van der Waals surface area contributed by atoms with E-state index in [0.29, 0.717) is 18.4 Å². The molecule has 0 saturated heterocycles. The number of nitrogens with two attached hydrogens (primary N) is 1. The minimum absolute atomic E-state index is 0.254. The van der Waals surface area contributed by atoms with Crippen LogP contribution in [0.25, 0.3) is 0 Å². The first-order valence-corrected chi connectivity index (χ1v) is 3.88. The summed E-state index contributed by atoms with van der Waals surface area (Å²) in [7, 11) is 1.62. The molecule has 1 aliphatic carbocycles. The van der Waals surface area contributed by atoms with Gasteiger partial charge in [-0.2, -0.15) is 0 Å². The summed E-state index contributed by atoms with van der Waals surface area (Å²) in [6.07, 6.45) is 2.04. The Kier molecular flexibility index (Phi) is 2.70. The summed E-state index contributed by atoms with van der Waals surface area (Å²) in [6, 6.07) is 0. The van der Waals surface area contributed by atoms with Crippen molar-refractivity contribution < 1.29 is 5.11 Å². The van der Waals surface area contributed by atoms with Gasteiger partial charge in [-0.15, -0.1) is 0 Å². The highest BCUT2D eigenvalue weighted by Gasteiger charge is 2.29. The van der Waals surface area contributed by atoms with E-state index in [0.717, 1.165) is 12.8 Å². The van der Waals surface area contributed by atoms with Gasteiger partial charge in [-0.25, -0.2) is 0 Å². The van der Waals surface area contributed by atoms with Crippen molar-refractivity contribution in [2.75, 3.05) is 13.6 Å². The topological polar surface area (TPSA) is 70.6 Å². The first kappa shape index (κ1) is 8.33. The summed E-state index contributed by atoms with van der Waals surface area (Å²) in [5.41, 5.74) is 5.37. The maximum atomic E-state index is 9.36. The van der Waals surface area contributed by atoms with E-state index in [-0.39, 0.29) is 6.10 Å². The molecule has 11 heavy (non-hydrogen) atoms. The van der Waals surface area contributed by atoms with Gasteiger partial charge in [0.1, 0.15) is 0 Å². The van der Waals surface area contributed by atoms with Crippen molar-refractivity contribution in [3.63, 3.8) is 0 Å². The van der Waals surface area contributed by atoms with Gasteiger partial charge in [0.2, 0.25) is 0 Å². The summed E-state index contributed by atoms with van der Waals surface area (Å²) in [5.74, 6) is 0.886. The number of aliphatic hydroxyl groups is 1. The second-order valence-corrected chi connectivity index (χ2v) is 2.89. The molecule has 1 atom stereocenters. The summed E-state index contributed by atoms with van der Waals surface area (Å²) < 4.78 is 0. The molecule has 1 unspecified atom stereocenters. The predicted octanol–water partition coefficient (Wildman–Crippen LogP) is -0.709. The van der Waals surface area contributed by atoms with Gasteiger partial charge in [-0.1, -0.05) is 0 Å². The maximum absolute atomic E-state index is 9.36. The fraction of sp³-hybridized carbons (Fsp3) is 0.857. The largest absolute Gasteiger partial charge is 0.391 e. The monoisotopic (exact) mass is 157 g/mol. The molecule has 1 saturated carbocycles. The highest BCUT2D eigenvalue weighted by atomic mass is 16.3. The summed E-state index contributed by atoms with van der Waals surface area (Å²) in [6.45, 7) is 0.522. The van der Waals surface area contributed by atoms with Crippen LogP contribution in [-0.2, 0) is 0 Å². The zero-order valence-corrected chi connectivity index (χ0v) is 6.75. The molecular weight excluding hydrogens is 142 g/mol. The number of rotatable bonds is 3. The minimum atomic E-state index is -0.254. The van der Waals surface area contributed by atoms with Gasteiger partial charge in [-0.05, 0) is 18.8 Å². The number of hydrogen-bond donors (Lipinski definition) is 3. The van der Waals surface area contributed by atoms with E-state index >= 15 is 0 Å². The molecule has 64 valence electrons. The Labute approximate surface area is 66.5 Å². The average molecular weight is 157 g/mol. The third kappa shape index (κ3) is 2.76. The summed E-state index contributed by atoms with van der Waals surface area (Å²) in [5, 5.41) is 12.2. The van der Waals surface area contributed by atoms with Crippen LogP contribution in [0.4, 0.5) is 0 Å². The number of aliphatic imine (C=N–C) groups is 1. The lowest BCUT2D eigenvalue weighted by molar-refractivity contribution is 0.154. The summed E-state index contributed by atoms with van der Waals surface area (Å²) in [4.78, 5) is 3.71. The Morgan fingerprint density at radius 2 is 2.45 bits per heavy atom. The van der Waals surface area contributed by atoms with Gasteiger partial charge in [0.25, 0.3) is 0 Å². The second kappa shape index (κ2) is 3.57. The van der Waals surface area contributed by atoms with Crippen LogP contribution in [0.5, 0.6) is 0 Å². The van der Waals surface area contributed by atoms with Crippen LogP contribution in [-0.4, -0.2) is 30.8 Å². The molecule has 0 aromatic rings. The first-order valence-electron chi connectivity index (χ1n) is 3.88. The van der Waals surface area contributed by atoms with Crippen molar-refractivity contribution in [3.8, 4) is 0 Å². The van der Waals surface area contributed by atoms with E-state index in [1.165, 1.54) is 0 Å². The van der Waals surface area contributed by atoms with Crippen molar-refractivity contribution in [3.05, 3.63) is 0 Å². The number of aliphatic hydroxyl groups excluding tert-OH is 1. The van der Waals surface area contributed by atoms with Gasteiger partial charge >= 0.3 is 0 Å². The molecule has 0 aliphatic heterocycles. The number of nitrogens with one attached hydrogen (secondary N) is 1. The van der Waals surface area contributed by atoms with Gasteiger partial charge in [0.15, 0.2) is 5.96 Å². The predicted molar refractivity (Wildman–Crippen MR) is 44.3 cm³/mol. The van der Waals surface area contributed by atoms with Crippen molar-refractivity contribution in [1.82, 2.24) is 5.32 Å². The van der Waals surface area contributed by atoms with Crippen molar-refractivity contribution >= 4 is 5.96 Å². The highest BCUT2D eigenvalue weighted by Crippen LogP contribution is 2.32. The lowest BCUT2D eigenvalue weighted by Crippen LogP contribution is -2.37. The molecule has 0 aromatic carbocycles. The van der Waals surface area contributed by atoms with Gasteiger partial charge in [0, 0.05) is 13.6 Å². The fourth-order valence-electron chi connectivity index (χ4n) is 0.936. The highest BCUT2D eigenvalue weighted by molar-refractivity contribution is 5.77. The Hall–Kier alpha value is -0.770. The molecule has 0 spiro atoms. The van der Waals surface area contributed by atoms with Crippen LogP contribution in [0.15, 0.2) is 4.99 Å². The third-order valence-electron chi connectivity index (χ3n) is 1.90. The molecule has 0 bridgehead atoms. The normalized spacial score (nSPS) is 21.5. The van der Waals surface area contributed by atoms with Crippen LogP contribution in [0.2, 0.25) is 0 Å². The number of nitrogens with zero attached hydrogens (tertiary/aromatic N) is 1. The van der Waals surface area contributed by atoms with Crippen molar-refractivity contribution in [2.24, 2.45) is 16.6 Å². The number of hydrogen-bond acceptors (Lipinski definition) is 2. The van der Waals surface area contributed by atoms with E-state index < -0.39 is 0 Å². The SMILES string of the molecule is CN=C(N)NCC(O)C1CC1. The quantitative estimate of drug-likeness (QED) is 0.374. The molecule has 1 rings (SSSR count). The molecule has 0 heterocycles. The lowest BCUT2D eigenvalue weighted by atomic mass is 10.2. The zero-order chi connectivity index (χ0) is 8.27. The van der Waals surface area contributed by atoms with E-state index in [2.05, 4.69) is 10.3 Å². The number of guanidine groups is 1. The summed E-state index contributed by atoms with van der Waals surface area (Å²) >= 11 is 0.